The van der Waals surface area contributed by atoms with Crippen LogP contribution in [0.4, 0.5) is 0 Å². The van der Waals surface area contributed by atoms with Gasteiger partial charge in [-0.05, 0) is 12.8 Å². The van der Waals surface area contributed by atoms with Crippen LogP contribution in [0.15, 0.2) is 18.7 Å². The van der Waals surface area contributed by atoms with Crippen molar-refractivity contribution in [2.75, 3.05) is 7.11 Å². The summed E-state index contributed by atoms with van der Waals surface area (Å²) in [6, 6.07) is 0. The first-order chi connectivity index (χ1) is 7.76. The Labute approximate surface area is 96.8 Å². The molecule has 1 heterocycles. The first-order valence-corrected chi connectivity index (χ1v) is 5.88. The summed E-state index contributed by atoms with van der Waals surface area (Å²) in [7, 11) is 1.43. The highest BCUT2D eigenvalue weighted by Crippen LogP contribution is 1.95. The van der Waals surface area contributed by atoms with Crippen molar-refractivity contribution >= 4 is 5.97 Å². The van der Waals surface area contributed by atoms with E-state index in [1.54, 1.807) is 0 Å². The Morgan fingerprint density at radius 3 is 2.94 bits per heavy atom. The Bertz CT molecular complexity index is 321. The zero-order valence-electron chi connectivity index (χ0n) is 10.2. The van der Waals surface area contributed by atoms with E-state index < -0.39 is 0 Å². The number of unbranched alkanes of at least 4 members (excludes halogenated alkanes) is 1. The van der Waals surface area contributed by atoms with Crippen LogP contribution in [0.2, 0.25) is 0 Å². The summed E-state index contributed by atoms with van der Waals surface area (Å²) in [5, 5.41) is 0. The molecule has 0 bridgehead atoms. The summed E-state index contributed by atoms with van der Waals surface area (Å²) in [6.07, 6.45) is 9.95. The maximum Gasteiger partial charge on any atom is 0.305 e. The number of hydrogen-bond acceptors (Lipinski definition) is 2. The molecule has 0 atom stereocenters. The highest BCUT2D eigenvalue weighted by molar-refractivity contribution is 5.68. The van der Waals surface area contributed by atoms with E-state index in [4.69, 9.17) is 0 Å². The number of carbonyl (C=O) groups excluding carboxylic acids is 1. The highest BCUT2D eigenvalue weighted by atomic mass is 16.5. The van der Waals surface area contributed by atoms with Crippen molar-refractivity contribution in [3.63, 3.8) is 0 Å². The number of hydrogen-bond donors (Lipinski definition) is 0. The zero-order chi connectivity index (χ0) is 11.8. The summed E-state index contributed by atoms with van der Waals surface area (Å²) in [4.78, 5) is 10.9. The van der Waals surface area contributed by atoms with Crippen LogP contribution in [-0.2, 0) is 22.6 Å². The third-order valence-electron chi connectivity index (χ3n) is 2.54. The summed E-state index contributed by atoms with van der Waals surface area (Å²) in [6.45, 7) is 4.13. The van der Waals surface area contributed by atoms with Crippen LogP contribution in [0.25, 0.3) is 0 Å². The molecule has 90 valence electrons. The Kier molecular flexibility index (Phi) is 5.61. The molecule has 0 N–H and O–H groups in total. The Morgan fingerprint density at radius 2 is 2.25 bits per heavy atom. The van der Waals surface area contributed by atoms with Gasteiger partial charge in [-0.15, -0.1) is 0 Å². The number of ether oxygens (including phenoxy) is 1. The van der Waals surface area contributed by atoms with Gasteiger partial charge in [-0.3, -0.25) is 4.79 Å². The molecule has 0 aromatic carbocycles. The van der Waals surface area contributed by atoms with Crippen molar-refractivity contribution in [2.45, 2.75) is 45.7 Å². The lowest BCUT2D eigenvalue weighted by molar-refractivity contribution is -0.696. The number of nitrogens with zero attached hydrogens (tertiary/aromatic N) is 2. The minimum Gasteiger partial charge on any atom is -0.469 e. The molecule has 0 spiro atoms. The average Bonchev–Trinajstić information content (AvgIpc) is 2.74. The fourth-order valence-electron chi connectivity index (χ4n) is 1.55. The van der Waals surface area contributed by atoms with E-state index in [-0.39, 0.29) is 5.97 Å². The van der Waals surface area contributed by atoms with E-state index in [9.17, 15) is 4.79 Å². The third kappa shape index (κ3) is 4.47. The van der Waals surface area contributed by atoms with Crippen molar-refractivity contribution in [3.8, 4) is 0 Å². The maximum absolute atomic E-state index is 10.9. The van der Waals surface area contributed by atoms with Gasteiger partial charge in [0, 0.05) is 6.42 Å². The molecule has 4 heteroatoms. The Morgan fingerprint density at radius 1 is 1.44 bits per heavy atom. The lowest BCUT2D eigenvalue weighted by atomic mass is 10.3. The lowest BCUT2D eigenvalue weighted by Crippen LogP contribution is -2.31. The molecule has 0 radical (unpaired) electrons. The molecule has 1 aromatic heterocycles. The SMILES string of the molecule is CCCCn1cc[n+](CCCC(=O)OC)c1. The van der Waals surface area contributed by atoms with E-state index >= 15 is 0 Å². The van der Waals surface area contributed by atoms with Gasteiger partial charge in [0.05, 0.1) is 20.2 Å². The first-order valence-electron chi connectivity index (χ1n) is 5.88. The monoisotopic (exact) mass is 225 g/mol. The zero-order valence-corrected chi connectivity index (χ0v) is 10.2. The molecule has 0 saturated heterocycles. The van der Waals surface area contributed by atoms with Crippen molar-refractivity contribution < 1.29 is 14.1 Å². The Hall–Kier alpha value is -1.32. The van der Waals surface area contributed by atoms with Crippen LogP contribution in [0.1, 0.15) is 32.6 Å². The number of methoxy groups -OCH3 is 1. The standard InChI is InChI=1S/C12H21N2O2/c1-3-4-7-13-9-10-14(11-13)8-5-6-12(15)16-2/h9-11H,3-8H2,1-2H3/q+1. The highest BCUT2D eigenvalue weighted by Gasteiger charge is 2.05. The molecule has 0 aliphatic carbocycles. The van der Waals surface area contributed by atoms with Crippen LogP contribution >= 0.6 is 0 Å². The largest absolute Gasteiger partial charge is 0.469 e. The van der Waals surface area contributed by atoms with Gasteiger partial charge in [-0.25, -0.2) is 9.13 Å². The van der Waals surface area contributed by atoms with Crippen LogP contribution in [0.3, 0.4) is 0 Å². The molecule has 1 rings (SSSR count). The van der Waals surface area contributed by atoms with Gasteiger partial charge in [0.15, 0.2) is 0 Å². The maximum atomic E-state index is 10.9. The quantitative estimate of drug-likeness (QED) is 0.521. The van der Waals surface area contributed by atoms with Crippen LogP contribution in [0.5, 0.6) is 0 Å². The van der Waals surface area contributed by atoms with E-state index in [2.05, 4.69) is 33.3 Å². The number of rotatable bonds is 7. The number of imidazole rings is 1. The topological polar surface area (TPSA) is 35.1 Å². The van der Waals surface area contributed by atoms with Gasteiger partial charge >= 0.3 is 5.97 Å². The number of carbonyl (C=O) groups is 1. The normalized spacial score (nSPS) is 10.4. The second-order valence-corrected chi connectivity index (χ2v) is 3.92. The van der Waals surface area contributed by atoms with E-state index in [0.717, 1.165) is 19.5 Å². The second-order valence-electron chi connectivity index (χ2n) is 3.92. The first kappa shape index (κ1) is 12.7. The molecular formula is C12H21N2O2+. The molecule has 0 unspecified atom stereocenters. The molecule has 1 aromatic rings. The fraction of sp³-hybridized carbons (Fsp3) is 0.667. The van der Waals surface area contributed by atoms with Gasteiger partial charge in [0.2, 0.25) is 6.33 Å². The van der Waals surface area contributed by atoms with Gasteiger partial charge in [0.25, 0.3) is 0 Å². The van der Waals surface area contributed by atoms with Crippen molar-refractivity contribution in [1.29, 1.82) is 0 Å². The van der Waals surface area contributed by atoms with Crippen molar-refractivity contribution in [3.05, 3.63) is 18.7 Å². The predicted molar refractivity (Wildman–Crippen MR) is 60.8 cm³/mol. The lowest BCUT2D eigenvalue weighted by Gasteiger charge is -1.97. The van der Waals surface area contributed by atoms with Gasteiger partial charge in [0.1, 0.15) is 12.4 Å². The van der Waals surface area contributed by atoms with E-state index in [1.165, 1.54) is 20.0 Å². The molecule has 0 aliphatic heterocycles. The Balaban J connectivity index is 2.26. The molecule has 0 amide bonds. The minimum atomic E-state index is -0.133. The third-order valence-corrected chi connectivity index (χ3v) is 2.54. The number of aryl methyl sites for hydroxylation is 2. The molecule has 16 heavy (non-hydrogen) atoms. The second kappa shape index (κ2) is 7.04. The molecule has 0 fully saturated rings. The van der Waals surface area contributed by atoms with Gasteiger partial charge in [-0.1, -0.05) is 13.3 Å². The molecule has 0 saturated carbocycles. The minimum absolute atomic E-state index is 0.133. The summed E-state index contributed by atoms with van der Waals surface area (Å²) >= 11 is 0. The van der Waals surface area contributed by atoms with Crippen LogP contribution < -0.4 is 4.57 Å². The molecule has 0 aliphatic rings. The van der Waals surface area contributed by atoms with Gasteiger partial charge in [-0.2, -0.15) is 0 Å². The summed E-state index contributed by atoms with van der Waals surface area (Å²) in [5.74, 6) is -0.133. The molecule has 4 nitrogen and oxygen atoms in total. The summed E-state index contributed by atoms with van der Waals surface area (Å²) < 4.78 is 8.88. The van der Waals surface area contributed by atoms with Crippen molar-refractivity contribution in [1.82, 2.24) is 4.57 Å². The smallest absolute Gasteiger partial charge is 0.305 e. The predicted octanol–water partition coefficient (Wildman–Crippen LogP) is 1.53. The van der Waals surface area contributed by atoms with Crippen molar-refractivity contribution in [2.24, 2.45) is 0 Å². The number of aromatic nitrogens is 2. The summed E-state index contributed by atoms with van der Waals surface area (Å²) in [5.41, 5.74) is 0. The van der Waals surface area contributed by atoms with Crippen LogP contribution in [0, 0.1) is 0 Å². The number of esters is 1. The fourth-order valence-corrected chi connectivity index (χ4v) is 1.55. The van der Waals surface area contributed by atoms with Gasteiger partial charge < -0.3 is 4.74 Å². The van der Waals surface area contributed by atoms with E-state index in [0.29, 0.717) is 6.42 Å². The van der Waals surface area contributed by atoms with E-state index in [1.807, 2.05) is 6.20 Å². The molecular weight excluding hydrogens is 204 g/mol. The van der Waals surface area contributed by atoms with Crippen LogP contribution in [-0.4, -0.2) is 17.6 Å². The average molecular weight is 225 g/mol.